The number of hydrogen-bond donors (Lipinski definition) is 2. The number of benzene rings is 2. The number of nitrogens with one attached hydrogen (secondary N) is 2. The maximum atomic E-state index is 13.7. The van der Waals surface area contributed by atoms with Crippen LogP contribution in [0.2, 0.25) is 10.0 Å². The van der Waals surface area contributed by atoms with Crippen molar-refractivity contribution in [3.63, 3.8) is 0 Å². The summed E-state index contributed by atoms with van der Waals surface area (Å²) in [6, 6.07) is 12.9. The first-order valence-electron chi connectivity index (χ1n) is 11.0. The number of carbonyl (C=O) groups excluding carboxylic acids is 2. The highest BCUT2D eigenvalue weighted by Crippen LogP contribution is 2.48. The SMILES string of the molecule is CC1=C(C(=O)Nc2nc3ccccc3s2)C(c2ccc(Cl)cc2Cl)C2=C(CC(C)(C)CC2=O)N1. The quantitative estimate of drug-likeness (QED) is 0.403. The minimum absolute atomic E-state index is 0.0209. The molecular formula is C26H23Cl2N3O2S. The van der Waals surface area contributed by atoms with Crippen molar-refractivity contribution in [2.75, 3.05) is 5.32 Å². The number of dihydropyridines is 1. The summed E-state index contributed by atoms with van der Waals surface area (Å²) in [7, 11) is 0. The Labute approximate surface area is 211 Å². The van der Waals surface area contributed by atoms with Gasteiger partial charge in [-0.3, -0.25) is 14.9 Å². The predicted molar refractivity (Wildman–Crippen MR) is 138 cm³/mol. The summed E-state index contributed by atoms with van der Waals surface area (Å²) in [4.78, 5) is 31.6. The number of nitrogens with zero attached hydrogens (tertiary/aromatic N) is 1. The molecule has 1 atom stereocenters. The van der Waals surface area contributed by atoms with Crippen molar-refractivity contribution in [3.05, 3.63) is 80.6 Å². The molecule has 8 heteroatoms. The number of halogens is 2. The largest absolute Gasteiger partial charge is 0.362 e. The Bertz CT molecular complexity index is 1390. The average molecular weight is 512 g/mol. The van der Waals surface area contributed by atoms with E-state index < -0.39 is 5.92 Å². The number of carbonyl (C=O) groups is 2. The van der Waals surface area contributed by atoms with Crippen molar-refractivity contribution in [1.82, 2.24) is 10.3 Å². The second kappa shape index (κ2) is 8.52. The van der Waals surface area contributed by atoms with Gasteiger partial charge in [-0.15, -0.1) is 0 Å². The number of hydrogen-bond acceptors (Lipinski definition) is 5. The fourth-order valence-corrected chi connectivity index (χ4v) is 6.25. The summed E-state index contributed by atoms with van der Waals surface area (Å²) >= 11 is 14.2. The number of rotatable bonds is 3. The van der Waals surface area contributed by atoms with Gasteiger partial charge in [-0.05, 0) is 48.6 Å². The molecule has 0 radical (unpaired) electrons. The Kier molecular flexibility index (Phi) is 5.79. The minimum Gasteiger partial charge on any atom is -0.362 e. The van der Waals surface area contributed by atoms with Gasteiger partial charge in [0.25, 0.3) is 5.91 Å². The first kappa shape index (κ1) is 23.1. The molecule has 1 aromatic heterocycles. The van der Waals surface area contributed by atoms with Gasteiger partial charge >= 0.3 is 0 Å². The van der Waals surface area contributed by atoms with Crippen LogP contribution >= 0.6 is 34.5 Å². The molecule has 0 spiro atoms. The number of para-hydroxylation sites is 1. The van der Waals surface area contributed by atoms with E-state index in [0.29, 0.717) is 50.4 Å². The monoisotopic (exact) mass is 511 g/mol. The lowest BCUT2D eigenvalue weighted by molar-refractivity contribution is -0.118. The van der Waals surface area contributed by atoms with Crippen molar-refractivity contribution in [3.8, 4) is 0 Å². The summed E-state index contributed by atoms with van der Waals surface area (Å²) < 4.78 is 0.984. The van der Waals surface area contributed by atoms with Crippen LogP contribution in [0.3, 0.4) is 0 Å². The molecule has 3 aromatic rings. The van der Waals surface area contributed by atoms with Crippen LogP contribution < -0.4 is 10.6 Å². The van der Waals surface area contributed by atoms with Gasteiger partial charge < -0.3 is 5.32 Å². The lowest BCUT2D eigenvalue weighted by Gasteiger charge is -2.39. The number of thiazole rings is 1. The molecule has 0 fully saturated rings. The van der Waals surface area contributed by atoms with Crippen LogP contribution in [0.5, 0.6) is 0 Å². The standard InChI is InChI=1S/C26H23Cl2N3O2S/c1-13-21(24(33)31-25-30-17-6-4-5-7-20(17)34-25)22(15-9-8-14(27)10-16(15)28)23-18(29-13)11-26(2,3)12-19(23)32/h4-10,22,29H,11-12H2,1-3H3,(H,30,31,33). The second-order valence-corrected chi connectivity index (χ2v) is 11.4. The number of amides is 1. The fraction of sp³-hybridized carbons (Fsp3) is 0.269. The Morgan fingerprint density at radius 2 is 1.94 bits per heavy atom. The summed E-state index contributed by atoms with van der Waals surface area (Å²) in [5.41, 5.74) is 3.94. The molecule has 1 unspecified atom stereocenters. The number of fused-ring (bicyclic) bond motifs is 1. The Morgan fingerprint density at radius 3 is 2.68 bits per heavy atom. The van der Waals surface area contributed by atoms with Gasteiger partial charge in [0, 0.05) is 44.9 Å². The van der Waals surface area contributed by atoms with Gasteiger partial charge in [0.1, 0.15) is 0 Å². The van der Waals surface area contributed by atoms with E-state index >= 15 is 0 Å². The molecule has 1 amide bonds. The van der Waals surface area contributed by atoms with E-state index in [-0.39, 0.29) is 17.1 Å². The molecule has 0 saturated heterocycles. The van der Waals surface area contributed by atoms with Gasteiger partial charge in [0.05, 0.1) is 10.2 Å². The number of allylic oxidation sites excluding steroid dienone is 3. The van der Waals surface area contributed by atoms with Crippen LogP contribution in [0.4, 0.5) is 5.13 Å². The molecule has 0 saturated carbocycles. The fourth-order valence-electron chi connectivity index (χ4n) is 4.87. The van der Waals surface area contributed by atoms with Crippen molar-refractivity contribution < 1.29 is 9.59 Å². The van der Waals surface area contributed by atoms with Crippen molar-refractivity contribution in [1.29, 1.82) is 0 Å². The first-order valence-corrected chi connectivity index (χ1v) is 12.6. The topological polar surface area (TPSA) is 71.1 Å². The molecule has 2 heterocycles. The van der Waals surface area contributed by atoms with Crippen LogP contribution in [0.15, 0.2) is 65.0 Å². The third-order valence-corrected chi connectivity index (χ3v) is 7.79. The third-order valence-electron chi connectivity index (χ3n) is 6.27. The third kappa shape index (κ3) is 4.15. The van der Waals surface area contributed by atoms with Crippen molar-refractivity contribution >= 4 is 61.6 Å². The smallest absolute Gasteiger partial charge is 0.256 e. The summed E-state index contributed by atoms with van der Waals surface area (Å²) in [6.45, 7) is 6.02. The van der Waals surface area contributed by atoms with Crippen LogP contribution in [-0.2, 0) is 9.59 Å². The van der Waals surface area contributed by atoms with Crippen LogP contribution in [0, 0.1) is 5.41 Å². The van der Waals surface area contributed by atoms with Gasteiger partial charge in [-0.2, -0.15) is 0 Å². The van der Waals surface area contributed by atoms with Gasteiger partial charge in [-0.1, -0.05) is 66.6 Å². The highest BCUT2D eigenvalue weighted by Gasteiger charge is 2.43. The lowest BCUT2D eigenvalue weighted by Crippen LogP contribution is -2.39. The minimum atomic E-state index is -0.598. The van der Waals surface area contributed by atoms with E-state index in [1.807, 2.05) is 31.2 Å². The number of aromatic nitrogens is 1. The van der Waals surface area contributed by atoms with E-state index in [9.17, 15) is 9.59 Å². The maximum Gasteiger partial charge on any atom is 0.256 e. The van der Waals surface area contributed by atoms with E-state index in [1.54, 1.807) is 18.2 Å². The highest BCUT2D eigenvalue weighted by molar-refractivity contribution is 7.22. The number of ketones is 1. The zero-order valence-electron chi connectivity index (χ0n) is 19.0. The molecule has 5 rings (SSSR count). The van der Waals surface area contributed by atoms with Crippen molar-refractivity contribution in [2.24, 2.45) is 5.41 Å². The molecule has 2 aliphatic rings. The Balaban J connectivity index is 1.60. The molecule has 1 aliphatic carbocycles. The maximum absolute atomic E-state index is 13.7. The van der Waals surface area contributed by atoms with Crippen LogP contribution in [-0.4, -0.2) is 16.7 Å². The Morgan fingerprint density at radius 1 is 1.18 bits per heavy atom. The molecule has 2 N–H and O–H groups in total. The van der Waals surface area contributed by atoms with Crippen LogP contribution in [0.25, 0.3) is 10.2 Å². The molecule has 0 bridgehead atoms. The normalized spacial score (nSPS) is 19.8. The van der Waals surface area contributed by atoms with Crippen molar-refractivity contribution in [2.45, 2.75) is 39.5 Å². The average Bonchev–Trinajstić information content (AvgIpc) is 3.14. The molecule has 5 nitrogen and oxygen atoms in total. The number of anilines is 1. The second-order valence-electron chi connectivity index (χ2n) is 9.54. The molecule has 174 valence electrons. The van der Waals surface area contributed by atoms with E-state index in [0.717, 1.165) is 15.9 Å². The lowest BCUT2D eigenvalue weighted by atomic mass is 9.68. The van der Waals surface area contributed by atoms with E-state index in [2.05, 4.69) is 29.5 Å². The molecular weight excluding hydrogens is 489 g/mol. The summed E-state index contributed by atoms with van der Waals surface area (Å²) in [5.74, 6) is -0.893. The highest BCUT2D eigenvalue weighted by atomic mass is 35.5. The van der Waals surface area contributed by atoms with E-state index in [4.69, 9.17) is 23.2 Å². The Hall–Kier alpha value is -2.67. The predicted octanol–water partition coefficient (Wildman–Crippen LogP) is 6.85. The van der Waals surface area contributed by atoms with Gasteiger partial charge in [0.2, 0.25) is 0 Å². The molecule has 34 heavy (non-hydrogen) atoms. The first-order chi connectivity index (χ1) is 16.1. The van der Waals surface area contributed by atoms with Crippen LogP contribution in [0.1, 0.15) is 45.1 Å². The van der Waals surface area contributed by atoms with Gasteiger partial charge in [0.15, 0.2) is 10.9 Å². The summed E-state index contributed by atoms with van der Waals surface area (Å²) in [5, 5.41) is 7.74. The zero-order valence-corrected chi connectivity index (χ0v) is 21.3. The summed E-state index contributed by atoms with van der Waals surface area (Å²) in [6.07, 6.45) is 1.11. The van der Waals surface area contributed by atoms with Gasteiger partial charge in [-0.25, -0.2) is 4.98 Å². The molecule has 1 aliphatic heterocycles. The van der Waals surface area contributed by atoms with E-state index in [1.165, 1.54) is 11.3 Å². The number of Topliss-reactive ketones (excluding diaryl/α,β-unsaturated/α-hetero) is 1. The zero-order chi connectivity index (χ0) is 24.2. The molecule has 2 aromatic carbocycles.